The van der Waals surface area contributed by atoms with E-state index in [0.29, 0.717) is 0 Å². The van der Waals surface area contributed by atoms with E-state index < -0.39 is 0 Å². The summed E-state index contributed by atoms with van der Waals surface area (Å²) in [4.78, 5) is 2.68. The van der Waals surface area contributed by atoms with Gasteiger partial charge >= 0.3 is 0 Å². The Balaban J connectivity index is 2.13. The molecule has 2 rings (SSSR count). The average molecular weight is 310 g/mol. The molecule has 0 saturated carbocycles. The van der Waals surface area contributed by atoms with Gasteiger partial charge in [-0.3, -0.25) is 0 Å². The van der Waals surface area contributed by atoms with Crippen molar-refractivity contribution in [2.24, 2.45) is 5.41 Å². The van der Waals surface area contributed by atoms with E-state index >= 15 is 0 Å². The molecule has 2 aromatic heterocycles. The summed E-state index contributed by atoms with van der Waals surface area (Å²) < 4.78 is 0. The maximum absolute atomic E-state index is 9.72. The smallest absolute Gasteiger partial charge is 0.0765 e. The second kappa shape index (κ2) is 7.36. The summed E-state index contributed by atoms with van der Waals surface area (Å²) in [6.45, 7) is 5.41. The number of nitrogens with one attached hydrogen (secondary N) is 1. The molecule has 0 saturated heterocycles. The molecule has 0 aliphatic heterocycles. The Bertz CT molecular complexity index is 432. The fourth-order valence-electron chi connectivity index (χ4n) is 2.35. The van der Waals surface area contributed by atoms with Crippen LogP contribution in [0, 0.1) is 5.41 Å². The number of rotatable bonds is 8. The van der Waals surface area contributed by atoms with Gasteiger partial charge in [-0.05, 0) is 35.7 Å². The second-order valence-corrected chi connectivity index (χ2v) is 7.17. The lowest BCUT2D eigenvalue weighted by Gasteiger charge is -2.31. The van der Waals surface area contributed by atoms with Crippen molar-refractivity contribution >= 4 is 22.7 Å². The highest BCUT2D eigenvalue weighted by Gasteiger charge is 2.27. The summed E-state index contributed by atoms with van der Waals surface area (Å²) in [7, 11) is 0. The monoisotopic (exact) mass is 309 g/mol. The maximum Gasteiger partial charge on any atom is 0.0765 e. The molecule has 2 aromatic rings. The highest BCUT2D eigenvalue weighted by Crippen LogP contribution is 2.31. The van der Waals surface area contributed by atoms with Crippen molar-refractivity contribution in [2.75, 3.05) is 13.2 Å². The molecule has 0 unspecified atom stereocenters. The fraction of sp³-hybridized carbons (Fsp3) is 0.500. The molecular weight excluding hydrogens is 286 g/mol. The first-order chi connectivity index (χ1) is 9.74. The van der Waals surface area contributed by atoms with E-state index in [1.807, 2.05) is 0 Å². The lowest BCUT2D eigenvalue weighted by atomic mass is 9.83. The van der Waals surface area contributed by atoms with Gasteiger partial charge in [-0.15, -0.1) is 22.7 Å². The topological polar surface area (TPSA) is 32.3 Å². The van der Waals surface area contributed by atoms with Crippen molar-refractivity contribution in [1.29, 1.82) is 0 Å². The third-order valence-corrected chi connectivity index (χ3v) is 6.05. The predicted octanol–water partition coefficient (Wildman–Crippen LogP) is 4.29. The van der Waals surface area contributed by atoms with Crippen molar-refractivity contribution in [3.8, 4) is 0 Å². The van der Waals surface area contributed by atoms with Crippen molar-refractivity contribution in [3.63, 3.8) is 0 Å². The van der Waals surface area contributed by atoms with E-state index in [1.54, 1.807) is 22.7 Å². The van der Waals surface area contributed by atoms with Crippen molar-refractivity contribution in [3.05, 3.63) is 44.8 Å². The fourth-order valence-corrected chi connectivity index (χ4v) is 4.06. The van der Waals surface area contributed by atoms with E-state index in [9.17, 15) is 5.11 Å². The lowest BCUT2D eigenvalue weighted by molar-refractivity contribution is 0.111. The first kappa shape index (κ1) is 15.7. The highest BCUT2D eigenvalue weighted by molar-refractivity contribution is 7.11. The molecule has 4 heteroatoms. The van der Waals surface area contributed by atoms with Gasteiger partial charge in [0.2, 0.25) is 0 Å². The van der Waals surface area contributed by atoms with E-state index in [0.717, 1.165) is 19.4 Å². The largest absolute Gasteiger partial charge is 0.396 e. The van der Waals surface area contributed by atoms with Crippen LogP contribution in [0.1, 0.15) is 42.5 Å². The lowest BCUT2D eigenvalue weighted by Crippen LogP contribution is -2.38. The van der Waals surface area contributed by atoms with Crippen molar-refractivity contribution in [1.82, 2.24) is 5.32 Å². The van der Waals surface area contributed by atoms with Crippen LogP contribution in [0.5, 0.6) is 0 Å². The van der Waals surface area contributed by atoms with Gasteiger partial charge in [0.05, 0.1) is 6.04 Å². The zero-order valence-corrected chi connectivity index (χ0v) is 13.8. The van der Waals surface area contributed by atoms with Crippen LogP contribution >= 0.6 is 22.7 Å². The Kier molecular flexibility index (Phi) is 5.78. The minimum absolute atomic E-state index is 0.00717. The Morgan fingerprint density at radius 1 is 1.10 bits per heavy atom. The third-order valence-electron chi connectivity index (χ3n) is 4.17. The quantitative estimate of drug-likeness (QED) is 0.762. The minimum atomic E-state index is -0.00717. The number of aliphatic hydroxyl groups excluding tert-OH is 1. The highest BCUT2D eigenvalue weighted by atomic mass is 32.1. The van der Waals surface area contributed by atoms with Gasteiger partial charge in [-0.25, -0.2) is 0 Å². The standard InChI is InChI=1S/C16H23NOS2/c1-3-16(4-2,12-18)11-17-15(13-7-5-9-19-13)14-8-6-10-20-14/h5-10,15,17-18H,3-4,11-12H2,1-2H3. The molecule has 20 heavy (non-hydrogen) atoms. The third kappa shape index (κ3) is 3.50. The Morgan fingerprint density at radius 2 is 1.65 bits per heavy atom. The van der Waals surface area contributed by atoms with Crippen LogP contribution in [0.3, 0.4) is 0 Å². The Hall–Kier alpha value is -0.680. The molecule has 2 heterocycles. The molecule has 0 spiro atoms. The van der Waals surface area contributed by atoms with Gasteiger partial charge in [0.15, 0.2) is 0 Å². The van der Waals surface area contributed by atoms with E-state index in [4.69, 9.17) is 0 Å². The van der Waals surface area contributed by atoms with E-state index in [1.165, 1.54) is 9.75 Å². The minimum Gasteiger partial charge on any atom is -0.396 e. The van der Waals surface area contributed by atoms with Crippen LogP contribution in [0.4, 0.5) is 0 Å². The molecule has 2 N–H and O–H groups in total. The summed E-state index contributed by atoms with van der Waals surface area (Å²) >= 11 is 3.57. The molecule has 0 aliphatic rings. The van der Waals surface area contributed by atoms with Crippen LogP contribution in [-0.2, 0) is 0 Å². The first-order valence-electron chi connectivity index (χ1n) is 7.15. The molecule has 110 valence electrons. The first-order valence-corrected chi connectivity index (χ1v) is 8.91. The van der Waals surface area contributed by atoms with E-state index in [2.05, 4.69) is 54.2 Å². The number of thiophene rings is 2. The molecule has 0 aromatic carbocycles. The number of hydrogen-bond donors (Lipinski definition) is 2. The van der Waals surface area contributed by atoms with Crippen LogP contribution in [0.15, 0.2) is 35.0 Å². The maximum atomic E-state index is 9.72. The molecule has 0 aliphatic carbocycles. The van der Waals surface area contributed by atoms with Gasteiger partial charge < -0.3 is 10.4 Å². The normalized spacial score (nSPS) is 12.2. The Labute approximate surface area is 129 Å². The molecule has 0 fully saturated rings. The van der Waals surface area contributed by atoms with Gasteiger partial charge in [-0.2, -0.15) is 0 Å². The zero-order chi connectivity index (χ0) is 14.4. The predicted molar refractivity (Wildman–Crippen MR) is 88.6 cm³/mol. The number of aliphatic hydroxyl groups is 1. The van der Waals surface area contributed by atoms with Crippen LogP contribution < -0.4 is 5.32 Å². The molecule has 0 atom stereocenters. The number of hydrogen-bond acceptors (Lipinski definition) is 4. The molecule has 0 amide bonds. The molecular formula is C16H23NOS2. The van der Waals surface area contributed by atoms with Crippen molar-refractivity contribution in [2.45, 2.75) is 32.7 Å². The summed E-state index contributed by atoms with van der Waals surface area (Å²) in [5.74, 6) is 0. The summed E-state index contributed by atoms with van der Waals surface area (Å²) in [5, 5.41) is 17.6. The SMILES string of the molecule is CCC(CC)(CO)CNC(c1cccs1)c1cccs1. The second-order valence-electron chi connectivity index (χ2n) is 5.21. The Morgan fingerprint density at radius 3 is 2.00 bits per heavy atom. The summed E-state index contributed by atoms with van der Waals surface area (Å²) in [5.41, 5.74) is -0.00717. The van der Waals surface area contributed by atoms with Crippen LogP contribution in [0.25, 0.3) is 0 Å². The van der Waals surface area contributed by atoms with Crippen LogP contribution in [-0.4, -0.2) is 18.3 Å². The van der Waals surface area contributed by atoms with Gasteiger partial charge in [-0.1, -0.05) is 26.0 Å². The van der Waals surface area contributed by atoms with Gasteiger partial charge in [0, 0.05) is 28.3 Å². The van der Waals surface area contributed by atoms with Gasteiger partial charge in [0.1, 0.15) is 0 Å². The summed E-state index contributed by atoms with van der Waals surface area (Å²) in [6.07, 6.45) is 1.99. The summed E-state index contributed by atoms with van der Waals surface area (Å²) in [6, 6.07) is 8.81. The average Bonchev–Trinajstić information content (AvgIpc) is 3.18. The molecule has 0 bridgehead atoms. The van der Waals surface area contributed by atoms with Crippen molar-refractivity contribution < 1.29 is 5.11 Å². The van der Waals surface area contributed by atoms with Crippen LogP contribution in [0.2, 0.25) is 0 Å². The van der Waals surface area contributed by atoms with Gasteiger partial charge in [0.25, 0.3) is 0 Å². The zero-order valence-electron chi connectivity index (χ0n) is 12.1. The molecule has 2 nitrogen and oxygen atoms in total. The van der Waals surface area contributed by atoms with E-state index in [-0.39, 0.29) is 18.1 Å². The molecule has 0 radical (unpaired) electrons.